The van der Waals surface area contributed by atoms with Gasteiger partial charge in [-0.15, -0.1) is 11.3 Å². The van der Waals surface area contributed by atoms with Crippen molar-refractivity contribution in [2.24, 2.45) is 11.5 Å². The molecule has 0 radical (unpaired) electrons. The molecule has 2 aliphatic heterocycles. The minimum absolute atomic E-state index is 0.0102. The number of carboxylic acid groups (broad SMARTS) is 2. The van der Waals surface area contributed by atoms with E-state index in [0.29, 0.717) is 31.5 Å². The number of nitrogens with one attached hydrogen (secondary N) is 1. The van der Waals surface area contributed by atoms with Gasteiger partial charge in [-0.3, -0.25) is 14.4 Å². The van der Waals surface area contributed by atoms with Gasteiger partial charge in [0.1, 0.15) is 23.5 Å². The average Bonchev–Trinajstić information content (AvgIpc) is 2.80. The number of benzene rings is 2. The number of hydrogen-bond donors (Lipinski definition) is 6. The number of nitrogens with zero attached hydrogens (tertiary/aromatic N) is 1. The average molecular weight is 501 g/mol. The van der Waals surface area contributed by atoms with Crippen molar-refractivity contribution in [3.05, 3.63) is 62.9 Å². The Morgan fingerprint density at radius 2 is 1.76 bits per heavy atom. The lowest BCUT2D eigenvalue weighted by atomic mass is 10.0. The third-order valence-corrected chi connectivity index (χ3v) is 7.61. The number of aliphatic carboxylic acids is 2. The van der Waals surface area contributed by atoms with E-state index in [1.807, 2.05) is 0 Å². The molecule has 0 saturated carbocycles. The number of carboxylic acids is 2. The largest absolute Gasteiger partial charge is 0.506 e. The predicted octanol–water partition coefficient (Wildman–Crippen LogP) is 1.74. The molecule has 2 heterocycles. The fourth-order valence-corrected chi connectivity index (χ4v) is 5.69. The molecule has 176 valence electrons. The van der Waals surface area contributed by atoms with Crippen LogP contribution in [0.15, 0.2) is 46.4 Å². The van der Waals surface area contributed by atoms with Crippen LogP contribution in [0.3, 0.4) is 0 Å². The molecule has 0 spiro atoms. The van der Waals surface area contributed by atoms with Gasteiger partial charge in [0.2, 0.25) is 5.43 Å². The van der Waals surface area contributed by atoms with Crippen LogP contribution < -0.4 is 22.2 Å². The van der Waals surface area contributed by atoms with E-state index in [4.69, 9.17) is 16.6 Å². The molecule has 1 aliphatic carbocycles. The van der Waals surface area contributed by atoms with Crippen LogP contribution in [0.1, 0.15) is 16.0 Å². The molecule has 0 aromatic heterocycles. The molecule has 8 N–H and O–H groups in total. The number of carbonyl (C=O) groups is 2. The monoisotopic (exact) mass is 500 g/mol. The Bertz CT molecular complexity index is 1360. The Labute approximate surface area is 201 Å². The molecule has 0 bridgehead atoms. The summed E-state index contributed by atoms with van der Waals surface area (Å²) in [7, 11) is 0. The van der Waals surface area contributed by atoms with E-state index in [0.717, 1.165) is 4.91 Å². The van der Waals surface area contributed by atoms with E-state index in [1.165, 1.54) is 35.2 Å². The lowest BCUT2D eigenvalue weighted by molar-refractivity contribution is -0.139. The summed E-state index contributed by atoms with van der Waals surface area (Å²) >= 11 is 2.62. The summed E-state index contributed by atoms with van der Waals surface area (Å²) in [6.45, 7) is 0. The Morgan fingerprint density at radius 1 is 1.06 bits per heavy atom. The minimum atomic E-state index is -1.15. The normalized spacial score (nSPS) is 14.6. The van der Waals surface area contributed by atoms with E-state index in [-0.39, 0.29) is 29.7 Å². The van der Waals surface area contributed by atoms with Crippen LogP contribution >= 0.6 is 23.1 Å². The summed E-state index contributed by atoms with van der Waals surface area (Å²) in [6, 6.07) is 3.95. The molecule has 3 aliphatic rings. The van der Waals surface area contributed by atoms with Crippen molar-refractivity contribution in [1.82, 2.24) is 4.98 Å². The maximum absolute atomic E-state index is 12.5. The summed E-state index contributed by atoms with van der Waals surface area (Å²) in [5.41, 5.74) is 12.9. The van der Waals surface area contributed by atoms with Gasteiger partial charge in [-0.25, -0.2) is 4.98 Å². The summed E-state index contributed by atoms with van der Waals surface area (Å²) in [4.78, 5) is 41.8. The summed E-state index contributed by atoms with van der Waals surface area (Å²) in [5.74, 6) is -2.27. The first-order valence-electron chi connectivity index (χ1n) is 10.0. The third-order valence-electron chi connectivity index (χ3n) is 5.18. The number of nitrogens with two attached hydrogens (primary N) is 2. The topological polar surface area (TPSA) is 189 Å². The summed E-state index contributed by atoms with van der Waals surface area (Å²) < 4.78 is 0. The van der Waals surface area contributed by atoms with Crippen molar-refractivity contribution in [3.63, 3.8) is 0 Å². The number of aromatic hydroxyl groups is 1. The molecule has 0 unspecified atom stereocenters. The van der Waals surface area contributed by atoms with Crippen LogP contribution in [0, 0.1) is 0 Å². The number of phenolic OH excluding ortho intramolecular Hbond substituents is 1. The van der Waals surface area contributed by atoms with Crippen LogP contribution in [0.4, 0.5) is 5.69 Å². The Kier molecular flexibility index (Phi) is 6.57. The van der Waals surface area contributed by atoms with Crippen molar-refractivity contribution < 1.29 is 24.9 Å². The predicted molar refractivity (Wildman–Crippen MR) is 129 cm³/mol. The molecule has 0 fully saturated rings. The summed E-state index contributed by atoms with van der Waals surface area (Å²) in [6.07, 6.45) is 3.34. The maximum atomic E-state index is 12.5. The van der Waals surface area contributed by atoms with E-state index in [1.54, 1.807) is 24.5 Å². The number of rotatable bonds is 7. The van der Waals surface area contributed by atoms with E-state index < -0.39 is 24.0 Å². The molecule has 10 nitrogen and oxygen atoms in total. The highest BCUT2D eigenvalue weighted by Crippen LogP contribution is 2.48. The zero-order valence-corrected chi connectivity index (χ0v) is 19.2. The van der Waals surface area contributed by atoms with E-state index in [2.05, 4.69) is 10.3 Å². The second kappa shape index (κ2) is 9.43. The minimum Gasteiger partial charge on any atom is -0.506 e. The van der Waals surface area contributed by atoms with Gasteiger partial charge < -0.3 is 32.1 Å². The number of aromatic nitrogens is 1. The summed E-state index contributed by atoms with van der Waals surface area (Å²) in [5, 5.41) is 31.5. The molecule has 34 heavy (non-hydrogen) atoms. The SMILES string of the molecule is N[C@@H](Cc1cc2sc(C3=CNc4c(O)ccc(C[C@H](N)C(=O)O)c4S3)cnc-2c(=O)c1)C(=O)O. The second-order valence-corrected chi connectivity index (χ2v) is 9.80. The molecule has 1 aromatic carbocycles. The van der Waals surface area contributed by atoms with Gasteiger partial charge in [-0.1, -0.05) is 17.8 Å². The van der Waals surface area contributed by atoms with Crippen LogP contribution in [0.5, 0.6) is 5.75 Å². The van der Waals surface area contributed by atoms with Crippen LogP contribution in [0.2, 0.25) is 0 Å². The fourth-order valence-electron chi connectivity index (χ4n) is 3.44. The van der Waals surface area contributed by atoms with Crippen LogP contribution in [0.25, 0.3) is 15.5 Å². The lowest BCUT2D eigenvalue weighted by Gasteiger charge is -2.22. The van der Waals surface area contributed by atoms with Crippen LogP contribution in [-0.4, -0.2) is 44.3 Å². The van der Waals surface area contributed by atoms with Crippen molar-refractivity contribution in [2.45, 2.75) is 29.8 Å². The highest BCUT2D eigenvalue weighted by atomic mass is 32.2. The van der Waals surface area contributed by atoms with Crippen molar-refractivity contribution in [1.29, 1.82) is 0 Å². The highest BCUT2D eigenvalue weighted by molar-refractivity contribution is 8.08. The van der Waals surface area contributed by atoms with Crippen molar-refractivity contribution in [2.75, 3.05) is 5.32 Å². The van der Waals surface area contributed by atoms with Gasteiger partial charge in [-0.05, 0) is 42.2 Å². The van der Waals surface area contributed by atoms with Gasteiger partial charge in [0.25, 0.3) is 0 Å². The number of fused-ring (bicyclic) bond motifs is 2. The number of thioether (sulfide) groups is 1. The second-order valence-electron chi connectivity index (χ2n) is 7.67. The molecule has 0 saturated heterocycles. The Balaban J connectivity index is 1.69. The fraction of sp³-hybridized carbons (Fsp3) is 0.182. The first-order valence-corrected chi connectivity index (χ1v) is 11.7. The molecule has 4 rings (SSSR count). The molecular formula is C22H20N4O6S2. The molecular weight excluding hydrogens is 480 g/mol. The first-order chi connectivity index (χ1) is 16.1. The number of phenols is 1. The lowest BCUT2D eigenvalue weighted by Crippen LogP contribution is -2.32. The zero-order valence-electron chi connectivity index (χ0n) is 17.5. The van der Waals surface area contributed by atoms with Crippen molar-refractivity contribution >= 4 is 45.6 Å². The number of hydrogen-bond acceptors (Lipinski definition) is 10. The highest BCUT2D eigenvalue weighted by Gasteiger charge is 2.24. The first kappa shape index (κ1) is 23.7. The molecule has 12 heteroatoms. The molecule has 2 atom stereocenters. The standard InChI is InChI=1S/C22H20N4O6S2/c23-11(21(29)30)3-9-4-14(28)18-15(5-9)33-16(7-25-18)17-8-26-19-13(27)2-1-10(20(19)34-17)6-12(24)22(31)32/h1-2,4-5,7-8,11-12,26-27H,3,6,23-24H2,(H,29,30)(H,31,32)/t11-,12-/m0/s1. The maximum Gasteiger partial charge on any atom is 0.320 e. The molecule has 1 aromatic rings. The Morgan fingerprint density at radius 3 is 2.47 bits per heavy atom. The van der Waals surface area contributed by atoms with E-state index >= 15 is 0 Å². The third kappa shape index (κ3) is 4.75. The van der Waals surface area contributed by atoms with Crippen molar-refractivity contribution in [3.8, 4) is 16.3 Å². The number of anilines is 1. The van der Waals surface area contributed by atoms with Gasteiger partial charge in [-0.2, -0.15) is 0 Å². The van der Waals surface area contributed by atoms with Gasteiger partial charge in [0, 0.05) is 22.2 Å². The Hall–Kier alpha value is -3.45. The quantitative estimate of drug-likeness (QED) is 0.259. The van der Waals surface area contributed by atoms with Crippen LogP contribution in [-0.2, 0) is 22.4 Å². The zero-order chi connectivity index (χ0) is 24.6. The van der Waals surface area contributed by atoms with E-state index in [9.17, 15) is 24.6 Å². The smallest absolute Gasteiger partial charge is 0.320 e. The molecule has 0 amide bonds. The van der Waals surface area contributed by atoms with Gasteiger partial charge in [0.15, 0.2) is 0 Å². The van der Waals surface area contributed by atoms with Gasteiger partial charge >= 0.3 is 11.9 Å². The van der Waals surface area contributed by atoms with Gasteiger partial charge in [0.05, 0.1) is 15.4 Å².